The molecule has 0 bridgehead atoms. The zero-order valence-electron chi connectivity index (χ0n) is 10.9. The molecule has 0 fully saturated rings. The minimum absolute atomic E-state index is 0.0177. The number of nitriles is 1. The van der Waals surface area contributed by atoms with Crippen LogP contribution in [0.3, 0.4) is 0 Å². The van der Waals surface area contributed by atoms with Crippen molar-refractivity contribution < 1.29 is 9.53 Å². The van der Waals surface area contributed by atoms with E-state index >= 15 is 0 Å². The van der Waals surface area contributed by atoms with E-state index in [1.807, 2.05) is 35.4 Å². The molecule has 1 heterocycles. The van der Waals surface area contributed by atoms with Gasteiger partial charge in [-0.15, -0.1) is 6.58 Å². The first-order valence-corrected chi connectivity index (χ1v) is 5.94. The number of nitrogens with zero attached hydrogens (tertiary/aromatic N) is 2. The lowest BCUT2D eigenvalue weighted by Crippen LogP contribution is -2.16. The monoisotopic (exact) mass is 256 g/mol. The van der Waals surface area contributed by atoms with Gasteiger partial charge in [0, 0.05) is 18.4 Å². The van der Waals surface area contributed by atoms with Crippen molar-refractivity contribution in [2.45, 2.75) is 6.92 Å². The van der Waals surface area contributed by atoms with Crippen LogP contribution >= 0.6 is 0 Å². The van der Waals surface area contributed by atoms with E-state index in [-0.39, 0.29) is 12.2 Å². The quantitative estimate of drug-likeness (QED) is 0.328. The fraction of sp³-hybridized carbons (Fsp3) is 0.200. The van der Waals surface area contributed by atoms with Crippen molar-refractivity contribution in [3.8, 4) is 6.07 Å². The molecule has 4 heteroatoms. The summed E-state index contributed by atoms with van der Waals surface area (Å²) in [7, 11) is 0. The zero-order valence-corrected chi connectivity index (χ0v) is 10.9. The van der Waals surface area contributed by atoms with E-state index in [9.17, 15) is 4.79 Å². The summed E-state index contributed by atoms with van der Waals surface area (Å²) in [6.45, 7) is 6.29. The number of allylic oxidation sites excluding steroid dienone is 5. The smallest absolute Gasteiger partial charge is 0.348 e. The summed E-state index contributed by atoms with van der Waals surface area (Å²) in [6, 6.07) is 1.83. The van der Waals surface area contributed by atoms with Gasteiger partial charge in [0.1, 0.15) is 11.6 Å². The molecule has 0 aromatic heterocycles. The van der Waals surface area contributed by atoms with Crippen molar-refractivity contribution in [1.29, 1.82) is 5.26 Å². The van der Waals surface area contributed by atoms with Gasteiger partial charge in [0.25, 0.3) is 0 Å². The second-order valence-electron chi connectivity index (χ2n) is 3.65. The molecule has 0 atom stereocenters. The Hall–Kier alpha value is -2.54. The lowest BCUT2D eigenvalue weighted by molar-refractivity contribution is -0.138. The van der Waals surface area contributed by atoms with Crippen LogP contribution in [0.2, 0.25) is 0 Å². The molecule has 0 saturated carbocycles. The normalized spacial score (nSPS) is 16.3. The molecule has 0 unspecified atom stereocenters. The predicted molar refractivity (Wildman–Crippen MR) is 73.6 cm³/mol. The number of esters is 1. The van der Waals surface area contributed by atoms with Gasteiger partial charge in [-0.3, -0.25) is 0 Å². The maximum absolute atomic E-state index is 11.5. The Bertz CT molecular complexity index is 505. The summed E-state index contributed by atoms with van der Waals surface area (Å²) in [5.41, 5.74) is 0.857. The largest absolute Gasteiger partial charge is 0.462 e. The summed E-state index contributed by atoms with van der Waals surface area (Å²) < 4.78 is 4.79. The van der Waals surface area contributed by atoms with Crippen LogP contribution in [-0.2, 0) is 9.53 Å². The molecule has 19 heavy (non-hydrogen) atoms. The van der Waals surface area contributed by atoms with Gasteiger partial charge >= 0.3 is 5.97 Å². The second-order valence-corrected chi connectivity index (χ2v) is 3.65. The Morgan fingerprint density at radius 2 is 2.37 bits per heavy atom. The first kappa shape index (κ1) is 14.5. The van der Waals surface area contributed by atoms with Gasteiger partial charge in [0.05, 0.1) is 6.61 Å². The van der Waals surface area contributed by atoms with Crippen molar-refractivity contribution in [1.82, 2.24) is 4.90 Å². The van der Waals surface area contributed by atoms with E-state index in [2.05, 4.69) is 6.58 Å². The number of carbonyl (C=O) groups is 1. The molecule has 0 N–H and O–H groups in total. The van der Waals surface area contributed by atoms with Gasteiger partial charge in [-0.05, 0) is 31.2 Å². The molecule has 4 nitrogen and oxygen atoms in total. The number of hydrogen-bond donors (Lipinski definition) is 0. The van der Waals surface area contributed by atoms with Crippen molar-refractivity contribution >= 4 is 5.97 Å². The number of hydrogen-bond acceptors (Lipinski definition) is 4. The number of carbonyl (C=O) groups excluding carboxylic acids is 1. The molecule has 0 saturated heterocycles. The summed E-state index contributed by atoms with van der Waals surface area (Å²) in [5.74, 6) is -0.604. The van der Waals surface area contributed by atoms with Crippen LogP contribution in [-0.4, -0.2) is 24.0 Å². The van der Waals surface area contributed by atoms with Gasteiger partial charge in [-0.1, -0.05) is 12.2 Å². The topological polar surface area (TPSA) is 53.3 Å². The Morgan fingerprint density at radius 3 is 3.00 bits per heavy atom. The summed E-state index contributed by atoms with van der Waals surface area (Å²) in [5, 5.41) is 8.91. The van der Waals surface area contributed by atoms with Gasteiger partial charge < -0.3 is 9.64 Å². The molecular weight excluding hydrogens is 240 g/mol. The van der Waals surface area contributed by atoms with Crippen molar-refractivity contribution in [2.75, 3.05) is 13.2 Å². The van der Waals surface area contributed by atoms with E-state index in [0.29, 0.717) is 6.54 Å². The molecular formula is C15H16N2O2. The highest BCUT2D eigenvalue weighted by molar-refractivity contribution is 5.93. The molecule has 0 aromatic carbocycles. The van der Waals surface area contributed by atoms with Crippen molar-refractivity contribution in [3.63, 3.8) is 0 Å². The standard InChI is InChI=1S/C15H16N2O2/c1-3-10-17-11-6-5-7-14(17)9-8-13(12-16)15(18)19-4-2/h3,5-9,11H,1,4,10H2,2H3/b13-8-,14-9-. The van der Waals surface area contributed by atoms with Crippen LogP contribution in [0.25, 0.3) is 0 Å². The Kier molecular flexibility index (Phi) is 5.90. The molecule has 0 amide bonds. The van der Waals surface area contributed by atoms with Crippen LogP contribution in [0.15, 0.2) is 60.5 Å². The molecule has 0 aliphatic carbocycles. The van der Waals surface area contributed by atoms with E-state index in [1.54, 1.807) is 19.1 Å². The van der Waals surface area contributed by atoms with Crippen molar-refractivity contribution in [3.05, 3.63) is 60.5 Å². The molecule has 98 valence electrons. The fourth-order valence-electron chi connectivity index (χ4n) is 1.47. The minimum atomic E-state index is -0.604. The highest BCUT2D eigenvalue weighted by Crippen LogP contribution is 2.13. The summed E-state index contributed by atoms with van der Waals surface area (Å²) in [4.78, 5) is 13.4. The SMILES string of the molecule is C=CCN1C=CC=C/C1=C/C=C(/C#N)C(=O)OCC. The average Bonchev–Trinajstić information content (AvgIpc) is 2.42. The minimum Gasteiger partial charge on any atom is -0.462 e. The predicted octanol–water partition coefficient (Wildman–Crippen LogP) is 2.45. The zero-order chi connectivity index (χ0) is 14.1. The van der Waals surface area contributed by atoms with Gasteiger partial charge in [0.15, 0.2) is 0 Å². The second kappa shape index (κ2) is 7.72. The van der Waals surface area contributed by atoms with Crippen LogP contribution < -0.4 is 0 Å². The lowest BCUT2D eigenvalue weighted by Gasteiger charge is -2.21. The van der Waals surface area contributed by atoms with Crippen molar-refractivity contribution in [2.24, 2.45) is 0 Å². The molecule has 0 spiro atoms. The summed E-state index contributed by atoms with van der Waals surface area (Å²) >= 11 is 0. The van der Waals surface area contributed by atoms with E-state index in [4.69, 9.17) is 10.00 Å². The third-order valence-electron chi connectivity index (χ3n) is 2.34. The van der Waals surface area contributed by atoms with Crippen LogP contribution in [0.1, 0.15) is 6.92 Å². The maximum atomic E-state index is 11.5. The first-order chi connectivity index (χ1) is 9.22. The Balaban J connectivity index is 2.90. The highest BCUT2D eigenvalue weighted by atomic mass is 16.5. The van der Waals surface area contributed by atoms with Gasteiger partial charge in [0.2, 0.25) is 0 Å². The molecule has 1 aliphatic heterocycles. The van der Waals surface area contributed by atoms with Gasteiger partial charge in [-0.25, -0.2) is 4.79 Å². The first-order valence-electron chi connectivity index (χ1n) is 5.94. The van der Waals surface area contributed by atoms with Crippen LogP contribution in [0.5, 0.6) is 0 Å². The molecule has 0 radical (unpaired) electrons. The fourth-order valence-corrected chi connectivity index (χ4v) is 1.47. The molecule has 0 aromatic rings. The van der Waals surface area contributed by atoms with E-state index in [0.717, 1.165) is 5.70 Å². The van der Waals surface area contributed by atoms with E-state index < -0.39 is 5.97 Å². The number of ether oxygens (including phenoxy) is 1. The number of rotatable bonds is 5. The Labute approximate surface area is 113 Å². The van der Waals surface area contributed by atoms with Crippen LogP contribution in [0.4, 0.5) is 0 Å². The highest BCUT2D eigenvalue weighted by Gasteiger charge is 2.09. The third-order valence-corrected chi connectivity index (χ3v) is 2.34. The molecule has 1 rings (SSSR count). The van der Waals surface area contributed by atoms with Gasteiger partial charge in [-0.2, -0.15) is 5.26 Å². The summed E-state index contributed by atoms with van der Waals surface area (Å²) in [6.07, 6.45) is 12.5. The maximum Gasteiger partial charge on any atom is 0.348 e. The lowest BCUT2D eigenvalue weighted by atomic mass is 10.2. The van der Waals surface area contributed by atoms with Crippen LogP contribution in [0, 0.1) is 11.3 Å². The van der Waals surface area contributed by atoms with E-state index in [1.165, 1.54) is 6.08 Å². The Morgan fingerprint density at radius 1 is 1.58 bits per heavy atom. The third kappa shape index (κ3) is 4.32. The molecule has 1 aliphatic rings. The average molecular weight is 256 g/mol.